The molecular weight excluding hydrogens is 306 g/mol. The largest absolute Gasteiger partial charge is 0.497 e. The van der Waals surface area contributed by atoms with Gasteiger partial charge in [0.15, 0.2) is 0 Å². The number of aryl methyl sites for hydroxylation is 2. The average Bonchev–Trinajstić information content (AvgIpc) is 2.45. The van der Waals surface area contributed by atoms with Crippen LogP contribution in [-0.2, 0) is 19.6 Å². The molecule has 6 nitrogen and oxygen atoms in total. The van der Waals surface area contributed by atoms with Crippen LogP contribution < -0.4 is 4.74 Å². The lowest BCUT2D eigenvalue weighted by Gasteiger charge is -2.20. The lowest BCUT2D eigenvalue weighted by Crippen LogP contribution is -2.29. The molecule has 0 N–H and O–H groups in total. The van der Waals surface area contributed by atoms with Gasteiger partial charge in [-0.3, -0.25) is 4.79 Å². The van der Waals surface area contributed by atoms with Gasteiger partial charge in [0.2, 0.25) is 10.0 Å². The molecule has 0 radical (unpaired) electrons. The summed E-state index contributed by atoms with van der Waals surface area (Å²) >= 11 is 0. The molecule has 0 saturated carbocycles. The lowest BCUT2D eigenvalue weighted by molar-refractivity contribution is -0.128. The monoisotopic (exact) mass is 329 g/mol. The van der Waals surface area contributed by atoms with E-state index in [0.717, 1.165) is 0 Å². The van der Waals surface area contributed by atoms with Crippen molar-refractivity contribution in [2.75, 3.05) is 27.3 Å². The zero-order chi connectivity index (χ0) is 16.8. The van der Waals surface area contributed by atoms with Crippen molar-refractivity contribution in [2.45, 2.75) is 31.6 Å². The van der Waals surface area contributed by atoms with Crippen molar-refractivity contribution in [3.63, 3.8) is 0 Å². The van der Waals surface area contributed by atoms with Crippen LogP contribution in [0.25, 0.3) is 0 Å². The number of hydrogen-bond acceptors (Lipinski definition) is 5. The van der Waals surface area contributed by atoms with Crippen LogP contribution in [0.2, 0.25) is 0 Å². The van der Waals surface area contributed by atoms with Gasteiger partial charge in [0, 0.05) is 13.6 Å². The number of ether oxygens (including phenoxy) is 2. The van der Waals surface area contributed by atoms with Gasteiger partial charge in [0.05, 0.1) is 18.6 Å². The highest BCUT2D eigenvalue weighted by molar-refractivity contribution is 7.89. The van der Waals surface area contributed by atoms with Gasteiger partial charge in [-0.25, -0.2) is 12.7 Å². The summed E-state index contributed by atoms with van der Waals surface area (Å²) in [5.74, 6) is 0.641. The number of benzene rings is 1. The SMILES string of the molecule is COc1cc(C)c(S(=O)(=O)N(C)CCCCOC=O)c(C)c1. The summed E-state index contributed by atoms with van der Waals surface area (Å²) in [6, 6.07) is 3.43. The van der Waals surface area contributed by atoms with E-state index in [2.05, 4.69) is 4.74 Å². The topological polar surface area (TPSA) is 72.9 Å². The Morgan fingerprint density at radius 3 is 2.27 bits per heavy atom. The number of unbranched alkanes of at least 4 members (excludes halogenated alkanes) is 1. The fraction of sp³-hybridized carbons (Fsp3) is 0.533. The van der Waals surface area contributed by atoms with Crippen molar-refractivity contribution in [1.29, 1.82) is 0 Å². The quantitative estimate of drug-likeness (QED) is 0.511. The number of carbonyl (C=O) groups excluding carboxylic acids is 1. The van der Waals surface area contributed by atoms with E-state index in [-0.39, 0.29) is 0 Å². The van der Waals surface area contributed by atoms with Gasteiger partial charge in [-0.1, -0.05) is 0 Å². The molecule has 0 aromatic heterocycles. The third-order valence-corrected chi connectivity index (χ3v) is 5.55. The van der Waals surface area contributed by atoms with Crippen LogP contribution in [0.1, 0.15) is 24.0 Å². The summed E-state index contributed by atoms with van der Waals surface area (Å²) in [7, 11) is -0.445. The minimum atomic E-state index is -3.55. The maximum absolute atomic E-state index is 12.7. The molecule has 0 unspecified atom stereocenters. The molecule has 124 valence electrons. The molecule has 0 fully saturated rings. The van der Waals surface area contributed by atoms with Gasteiger partial charge in [-0.15, -0.1) is 0 Å². The maximum atomic E-state index is 12.7. The molecule has 1 aromatic carbocycles. The molecule has 0 bridgehead atoms. The first-order valence-corrected chi connectivity index (χ1v) is 8.45. The second-order valence-electron chi connectivity index (χ2n) is 5.09. The van der Waals surface area contributed by atoms with Gasteiger partial charge >= 0.3 is 0 Å². The van der Waals surface area contributed by atoms with Crippen LogP contribution in [0, 0.1) is 13.8 Å². The van der Waals surface area contributed by atoms with E-state index >= 15 is 0 Å². The van der Waals surface area contributed by atoms with Crippen LogP contribution in [0.15, 0.2) is 17.0 Å². The molecular formula is C15H23NO5S. The third kappa shape index (κ3) is 4.45. The van der Waals surface area contributed by atoms with E-state index in [1.165, 1.54) is 4.31 Å². The zero-order valence-corrected chi connectivity index (χ0v) is 14.3. The zero-order valence-electron chi connectivity index (χ0n) is 13.5. The predicted molar refractivity (Wildman–Crippen MR) is 83.5 cm³/mol. The third-order valence-electron chi connectivity index (χ3n) is 3.39. The molecule has 0 aliphatic heterocycles. The van der Waals surface area contributed by atoms with Crippen LogP contribution in [-0.4, -0.2) is 46.5 Å². The first-order valence-electron chi connectivity index (χ1n) is 7.01. The average molecular weight is 329 g/mol. The highest BCUT2D eigenvalue weighted by Gasteiger charge is 2.25. The Hall–Kier alpha value is -1.60. The Kier molecular flexibility index (Phi) is 6.83. The molecule has 1 rings (SSSR count). The summed E-state index contributed by atoms with van der Waals surface area (Å²) in [5.41, 5.74) is 1.32. The number of carbonyl (C=O) groups is 1. The first-order chi connectivity index (χ1) is 10.3. The highest BCUT2D eigenvalue weighted by Crippen LogP contribution is 2.27. The number of hydrogen-bond donors (Lipinski definition) is 0. The molecule has 0 aliphatic rings. The number of rotatable bonds is 9. The van der Waals surface area contributed by atoms with Gasteiger partial charge < -0.3 is 9.47 Å². The lowest BCUT2D eigenvalue weighted by atomic mass is 10.1. The molecule has 22 heavy (non-hydrogen) atoms. The second kappa shape index (κ2) is 8.14. The second-order valence-corrected chi connectivity index (χ2v) is 7.07. The van der Waals surface area contributed by atoms with Crippen LogP contribution in [0.4, 0.5) is 0 Å². The summed E-state index contributed by atoms with van der Waals surface area (Å²) in [4.78, 5) is 10.4. The summed E-state index contributed by atoms with van der Waals surface area (Å²) < 4.78 is 36.5. The van der Waals surface area contributed by atoms with Crippen molar-refractivity contribution in [1.82, 2.24) is 4.31 Å². The fourth-order valence-corrected chi connectivity index (χ4v) is 3.89. The predicted octanol–water partition coefficient (Wildman–Crippen LogP) is 1.89. The van der Waals surface area contributed by atoms with E-state index in [4.69, 9.17) is 4.74 Å². The highest BCUT2D eigenvalue weighted by atomic mass is 32.2. The Labute approximate surface area is 132 Å². The van der Waals surface area contributed by atoms with Crippen molar-refractivity contribution < 1.29 is 22.7 Å². The van der Waals surface area contributed by atoms with Crippen LogP contribution >= 0.6 is 0 Å². The standard InChI is InChI=1S/C15H23NO5S/c1-12-9-14(20-4)10-13(2)15(12)22(18,19)16(3)7-5-6-8-21-11-17/h9-11H,5-8H2,1-4H3. The summed E-state index contributed by atoms with van der Waals surface area (Å²) in [6.45, 7) is 4.58. The van der Waals surface area contributed by atoms with E-state index in [0.29, 0.717) is 54.2 Å². The van der Waals surface area contributed by atoms with Crippen LogP contribution in [0.5, 0.6) is 5.75 Å². The van der Waals surface area contributed by atoms with Gasteiger partial charge in [-0.05, 0) is 49.9 Å². The Bertz CT molecular complexity index is 589. The smallest absolute Gasteiger partial charge is 0.293 e. The van der Waals surface area contributed by atoms with Gasteiger partial charge in [-0.2, -0.15) is 0 Å². The molecule has 0 amide bonds. The van der Waals surface area contributed by atoms with E-state index < -0.39 is 10.0 Å². The van der Waals surface area contributed by atoms with Gasteiger partial charge in [0.25, 0.3) is 6.47 Å². The van der Waals surface area contributed by atoms with Crippen molar-refractivity contribution in [3.8, 4) is 5.75 Å². The van der Waals surface area contributed by atoms with Gasteiger partial charge in [0.1, 0.15) is 5.75 Å². The molecule has 0 saturated heterocycles. The number of sulfonamides is 1. The van der Waals surface area contributed by atoms with Crippen molar-refractivity contribution in [2.24, 2.45) is 0 Å². The van der Waals surface area contributed by atoms with Crippen LogP contribution in [0.3, 0.4) is 0 Å². The maximum Gasteiger partial charge on any atom is 0.293 e. The van der Waals surface area contributed by atoms with E-state index in [9.17, 15) is 13.2 Å². The molecule has 1 aromatic rings. The molecule has 7 heteroatoms. The molecule has 0 aliphatic carbocycles. The first kappa shape index (κ1) is 18.4. The molecule has 0 spiro atoms. The Morgan fingerprint density at radius 2 is 1.77 bits per heavy atom. The molecule has 0 atom stereocenters. The summed E-state index contributed by atoms with van der Waals surface area (Å²) in [5, 5.41) is 0. The number of nitrogens with zero attached hydrogens (tertiary/aromatic N) is 1. The van der Waals surface area contributed by atoms with Crippen molar-refractivity contribution in [3.05, 3.63) is 23.3 Å². The van der Waals surface area contributed by atoms with E-state index in [1.54, 1.807) is 40.1 Å². The fourth-order valence-electron chi connectivity index (χ4n) is 2.28. The van der Waals surface area contributed by atoms with Crippen molar-refractivity contribution >= 4 is 16.5 Å². The number of methoxy groups -OCH3 is 1. The minimum Gasteiger partial charge on any atom is -0.497 e. The Balaban J connectivity index is 2.87. The molecule has 0 heterocycles. The van der Waals surface area contributed by atoms with E-state index in [1.807, 2.05) is 0 Å². The normalized spacial score (nSPS) is 11.5. The Morgan fingerprint density at radius 1 is 1.18 bits per heavy atom. The summed E-state index contributed by atoms with van der Waals surface area (Å²) in [6.07, 6.45) is 1.25. The minimum absolute atomic E-state index is 0.304.